The van der Waals surface area contributed by atoms with Crippen LogP contribution in [0.4, 0.5) is 0 Å². The molecule has 1 saturated heterocycles. The number of allylic oxidation sites excluding steroid dienone is 1. The van der Waals surface area contributed by atoms with Gasteiger partial charge in [0.15, 0.2) is 0 Å². The van der Waals surface area contributed by atoms with Crippen molar-refractivity contribution in [2.24, 2.45) is 17.8 Å². The Balaban J connectivity index is 1.49. The Morgan fingerprint density at radius 2 is 1.50 bits per heavy atom. The van der Waals surface area contributed by atoms with E-state index in [-0.39, 0.29) is 11.9 Å². The summed E-state index contributed by atoms with van der Waals surface area (Å²) in [6.45, 7) is 0. The van der Waals surface area contributed by atoms with Crippen LogP contribution in [0, 0.1) is 17.8 Å². The Kier molecular flexibility index (Phi) is 4.80. The van der Waals surface area contributed by atoms with E-state index < -0.39 is 0 Å². The molecule has 0 N–H and O–H groups in total. The van der Waals surface area contributed by atoms with Crippen LogP contribution in [0.5, 0.6) is 0 Å². The largest absolute Gasteiger partial charge is 0.430 e. The monoisotopic (exact) mass is 276 g/mol. The molecule has 0 bridgehead atoms. The van der Waals surface area contributed by atoms with Crippen molar-refractivity contribution in [1.29, 1.82) is 0 Å². The summed E-state index contributed by atoms with van der Waals surface area (Å²) in [4.78, 5) is 11.7. The SMILES string of the molecule is O=C1OC(=CCC2CCCCC2)[C@@H]1CC1CCCCC1. The van der Waals surface area contributed by atoms with Gasteiger partial charge in [-0.15, -0.1) is 0 Å². The van der Waals surface area contributed by atoms with E-state index in [9.17, 15) is 4.79 Å². The Morgan fingerprint density at radius 3 is 2.10 bits per heavy atom. The third-order valence-corrected chi connectivity index (χ3v) is 5.52. The van der Waals surface area contributed by atoms with E-state index in [1.165, 1.54) is 64.2 Å². The maximum absolute atomic E-state index is 11.7. The summed E-state index contributed by atoms with van der Waals surface area (Å²) in [7, 11) is 0. The van der Waals surface area contributed by atoms with Crippen LogP contribution >= 0.6 is 0 Å². The lowest BCUT2D eigenvalue weighted by atomic mass is 9.80. The first-order valence-electron chi connectivity index (χ1n) is 8.74. The molecular weight excluding hydrogens is 248 g/mol. The molecule has 0 aromatic heterocycles. The minimum Gasteiger partial charge on any atom is -0.430 e. The van der Waals surface area contributed by atoms with Gasteiger partial charge in [-0.1, -0.05) is 64.2 Å². The van der Waals surface area contributed by atoms with Gasteiger partial charge in [-0.3, -0.25) is 4.79 Å². The maximum Gasteiger partial charge on any atom is 0.321 e. The number of hydrogen-bond acceptors (Lipinski definition) is 2. The molecule has 0 unspecified atom stereocenters. The van der Waals surface area contributed by atoms with Gasteiger partial charge in [0.05, 0.1) is 0 Å². The highest BCUT2D eigenvalue weighted by Gasteiger charge is 2.38. The second kappa shape index (κ2) is 6.78. The van der Waals surface area contributed by atoms with E-state index in [0.29, 0.717) is 0 Å². The fourth-order valence-corrected chi connectivity index (χ4v) is 4.17. The molecule has 2 aliphatic carbocycles. The Hall–Kier alpha value is -0.790. The zero-order chi connectivity index (χ0) is 13.8. The lowest BCUT2D eigenvalue weighted by Gasteiger charge is -2.32. The van der Waals surface area contributed by atoms with Crippen molar-refractivity contribution in [2.75, 3.05) is 0 Å². The van der Waals surface area contributed by atoms with Gasteiger partial charge in [-0.25, -0.2) is 0 Å². The summed E-state index contributed by atoms with van der Waals surface area (Å²) in [5, 5.41) is 0. The van der Waals surface area contributed by atoms with E-state index in [4.69, 9.17) is 4.74 Å². The van der Waals surface area contributed by atoms with Gasteiger partial charge < -0.3 is 4.74 Å². The summed E-state index contributed by atoms with van der Waals surface area (Å²) in [6.07, 6.45) is 18.1. The predicted octanol–water partition coefficient (Wildman–Crippen LogP) is 4.98. The standard InChI is InChI=1S/C18H28O2/c19-18-16(13-15-9-5-2-6-10-15)17(20-18)12-11-14-7-3-1-4-8-14/h12,14-16H,1-11,13H2/t16-/m0/s1. The highest BCUT2D eigenvalue weighted by molar-refractivity contribution is 5.83. The number of ether oxygens (including phenoxy) is 1. The van der Waals surface area contributed by atoms with E-state index in [1.54, 1.807) is 0 Å². The van der Waals surface area contributed by atoms with E-state index >= 15 is 0 Å². The molecule has 3 rings (SSSR count). The first kappa shape index (κ1) is 14.2. The van der Waals surface area contributed by atoms with Crippen LogP contribution in [0.25, 0.3) is 0 Å². The molecule has 0 amide bonds. The number of esters is 1. The summed E-state index contributed by atoms with van der Waals surface area (Å²) in [5.74, 6) is 2.75. The second-order valence-electron chi connectivity index (χ2n) is 7.06. The third kappa shape index (κ3) is 3.45. The summed E-state index contributed by atoms with van der Waals surface area (Å²) in [5.41, 5.74) is 0. The molecule has 0 radical (unpaired) electrons. The Labute approximate surface area is 123 Å². The predicted molar refractivity (Wildman–Crippen MR) is 80.0 cm³/mol. The number of rotatable bonds is 4. The molecule has 0 spiro atoms. The lowest BCUT2D eigenvalue weighted by molar-refractivity contribution is -0.158. The molecule has 0 aromatic carbocycles. The van der Waals surface area contributed by atoms with E-state index in [2.05, 4.69) is 6.08 Å². The summed E-state index contributed by atoms with van der Waals surface area (Å²) < 4.78 is 5.31. The highest BCUT2D eigenvalue weighted by Crippen LogP contribution is 2.38. The van der Waals surface area contributed by atoms with Gasteiger partial charge in [0.25, 0.3) is 0 Å². The van der Waals surface area contributed by atoms with Crippen LogP contribution in [-0.2, 0) is 9.53 Å². The average molecular weight is 276 g/mol. The first-order chi connectivity index (χ1) is 9.83. The van der Waals surface area contributed by atoms with Crippen LogP contribution in [0.1, 0.15) is 77.0 Å². The molecule has 112 valence electrons. The van der Waals surface area contributed by atoms with Crippen LogP contribution < -0.4 is 0 Å². The van der Waals surface area contributed by atoms with Crippen LogP contribution in [0.3, 0.4) is 0 Å². The van der Waals surface area contributed by atoms with Gasteiger partial charge in [0.1, 0.15) is 11.7 Å². The van der Waals surface area contributed by atoms with Crippen molar-refractivity contribution >= 4 is 5.97 Å². The highest BCUT2D eigenvalue weighted by atomic mass is 16.6. The topological polar surface area (TPSA) is 26.3 Å². The third-order valence-electron chi connectivity index (χ3n) is 5.52. The van der Waals surface area contributed by atoms with Crippen LogP contribution in [-0.4, -0.2) is 5.97 Å². The fourth-order valence-electron chi connectivity index (χ4n) is 4.17. The molecule has 0 aromatic rings. The Bertz CT molecular complexity index is 360. The summed E-state index contributed by atoms with van der Waals surface area (Å²) >= 11 is 0. The van der Waals surface area contributed by atoms with Crippen molar-refractivity contribution in [3.63, 3.8) is 0 Å². The minimum absolute atomic E-state index is 0.0328. The van der Waals surface area contributed by atoms with Crippen molar-refractivity contribution in [3.8, 4) is 0 Å². The number of carbonyl (C=O) groups is 1. The molecule has 2 nitrogen and oxygen atoms in total. The lowest BCUT2D eigenvalue weighted by Crippen LogP contribution is -2.34. The van der Waals surface area contributed by atoms with Gasteiger partial charge in [-0.05, 0) is 30.8 Å². The van der Waals surface area contributed by atoms with E-state index in [0.717, 1.165) is 30.4 Å². The molecule has 3 fully saturated rings. The van der Waals surface area contributed by atoms with Crippen LogP contribution in [0.15, 0.2) is 11.8 Å². The maximum atomic E-state index is 11.7. The smallest absolute Gasteiger partial charge is 0.321 e. The van der Waals surface area contributed by atoms with Crippen molar-refractivity contribution < 1.29 is 9.53 Å². The number of carbonyl (C=O) groups excluding carboxylic acids is 1. The molecular formula is C18H28O2. The van der Waals surface area contributed by atoms with Gasteiger partial charge in [0, 0.05) is 0 Å². The molecule has 2 heteroatoms. The molecule has 1 atom stereocenters. The van der Waals surface area contributed by atoms with Crippen molar-refractivity contribution in [3.05, 3.63) is 11.8 Å². The molecule has 20 heavy (non-hydrogen) atoms. The van der Waals surface area contributed by atoms with Crippen molar-refractivity contribution in [2.45, 2.75) is 77.0 Å². The first-order valence-corrected chi connectivity index (χ1v) is 8.74. The number of cyclic esters (lactones) is 1. The van der Waals surface area contributed by atoms with Gasteiger partial charge >= 0.3 is 5.97 Å². The summed E-state index contributed by atoms with van der Waals surface area (Å²) in [6, 6.07) is 0. The molecule has 1 aliphatic heterocycles. The molecule has 2 saturated carbocycles. The normalized spacial score (nSPS) is 31.1. The average Bonchev–Trinajstić information content (AvgIpc) is 2.51. The van der Waals surface area contributed by atoms with Gasteiger partial charge in [0.2, 0.25) is 0 Å². The van der Waals surface area contributed by atoms with Gasteiger partial charge in [-0.2, -0.15) is 0 Å². The van der Waals surface area contributed by atoms with Crippen molar-refractivity contribution in [1.82, 2.24) is 0 Å². The zero-order valence-corrected chi connectivity index (χ0v) is 12.6. The molecule has 1 heterocycles. The fraction of sp³-hybridized carbons (Fsp3) is 0.833. The van der Waals surface area contributed by atoms with E-state index in [1.807, 2.05) is 0 Å². The molecule has 3 aliphatic rings. The quantitative estimate of drug-likeness (QED) is 0.677. The number of hydrogen-bond donors (Lipinski definition) is 0. The minimum atomic E-state index is 0.0328. The Morgan fingerprint density at radius 1 is 0.900 bits per heavy atom. The van der Waals surface area contributed by atoms with Crippen LogP contribution in [0.2, 0.25) is 0 Å². The zero-order valence-electron chi connectivity index (χ0n) is 12.6. The second-order valence-corrected chi connectivity index (χ2v) is 7.06.